The molecule has 1 atom stereocenters. The molecule has 0 spiro atoms. The van der Waals surface area contributed by atoms with E-state index in [1.807, 2.05) is 44.2 Å². The van der Waals surface area contributed by atoms with E-state index in [1.165, 1.54) is 18.7 Å². The molecule has 1 aromatic heterocycles. The van der Waals surface area contributed by atoms with Crippen molar-refractivity contribution < 1.29 is 19.5 Å². The average molecular weight is 386 g/mol. The summed E-state index contributed by atoms with van der Waals surface area (Å²) in [6, 6.07) is 10.1. The summed E-state index contributed by atoms with van der Waals surface area (Å²) in [6.07, 6.45) is 0. The number of benzene rings is 1. The fraction of sp³-hybridized carbons (Fsp3) is 0.400. The van der Waals surface area contributed by atoms with E-state index in [2.05, 4.69) is 10.4 Å². The molecule has 8 nitrogen and oxygen atoms in total. The second-order valence-corrected chi connectivity index (χ2v) is 6.85. The molecule has 0 aliphatic rings. The highest BCUT2D eigenvalue weighted by Crippen LogP contribution is 2.21. The number of hydrogen-bond donors (Lipinski definition) is 2. The van der Waals surface area contributed by atoms with Crippen molar-refractivity contribution in [2.24, 2.45) is 0 Å². The highest BCUT2D eigenvalue weighted by atomic mass is 16.4. The molecule has 8 heteroatoms. The van der Waals surface area contributed by atoms with E-state index in [9.17, 15) is 19.5 Å². The summed E-state index contributed by atoms with van der Waals surface area (Å²) in [5, 5.41) is 16.4. The number of nitrogens with zero attached hydrogens (tertiary/aromatic N) is 3. The number of carboxylic acids is 1. The van der Waals surface area contributed by atoms with Gasteiger partial charge in [-0.1, -0.05) is 32.0 Å². The van der Waals surface area contributed by atoms with Gasteiger partial charge in [-0.2, -0.15) is 5.10 Å². The summed E-state index contributed by atoms with van der Waals surface area (Å²) in [6.45, 7) is 7.03. The number of aliphatic carboxylic acids is 1. The van der Waals surface area contributed by atoms with Gasteiger partial charge in [0, 0.05) is 25.7 Å². The monoisotopic (exact) mass is 386 g/mol. The van der Waals surface area contributed by atoms with Gasteiger partial charge in [0.15, 0.2) is 5.69 Å². The number of rotatable bonds is 8. The van der Waals surface area contributed by atoms with Crippen molar-refractivity contribution >= 4 is 17.8 Å². The topological polar surface area (TPSA) is 105 Å². The molecule has 150 valence electrons. The van der Waals surface area contributed by atoms with Crippen molar-refractivity contribution in [2.75, 3.05) is 13.1 Å². The summed E-state index contributed by atoms with van der Waals surface area (Å²) < 4.78 is 1.70. The smallest absolute Gasteiger partial charge is 0.326 e. The van der Waals surface area contributed by atoms with Gasteiger partial charge < -0.3 is 15.3 Å². The zero-order chi connectivity index (χ0) is 20.8. The van der Waals surface area contributed by atoms with Crippen molar-refractivity contribution in [1.29, 1.82) is 0 Å². The van der Waals surface area contributed by atoms with Crippen LogP contribution < -0.4 is 5.32 Å². The second-order valence-electron chi connectivity index (χ2n) is 6.85. The summed E-state index contributed by atoms with van der Waals surface area (Å²) >= 11 is 0. The lowest BCUT2D eigenvalue weighted by atomic mass is 10.1. The zero-order valence-electron chi connectivity index (χ0n) is 16.5. The molecular weight excluding hydrogens is 360 g/mol. The molecule has 0 fully saturated rings. The molecule has 2 rings (SSSR count). The Morgan fingerprint density at radius 3 is 2.36 bits per heavy atom. The van der Waals surface area contributed by atoms with Gasteiger partial charge in [-0.05, 0) is 31.0 Å². The number of carbonyl (C=O) groups excluding carboxylic acids is 2. The van der Waals surface area contributed by atoms with Gasteiger partial charge in [-0.25, -0.2) is 9.48 Å². The first-order valence-corrected chi connectivity index (χ1v) is 9.16. The Bertz CT molecular complexity index is 845. The number of carbonyl (C=O) groups is 3. The normalized spacial score (nSPS) is 11.9. The molecule has 1 aromatic carbocycles. The van der Waals surface area contributed by atoms with Crippen LogP contribution in [0, 0.1) is 0 Å². The first-order chi connectivity index (χ1) is 13.2. The van der Waals surface area contributed by atoms with Crippen molar-refractivity contribution in [3.8, 4) is 5.69 Å². The fourth-order valence-electron chi connectivity index (χ4n) is 2.79. The lowest BCUT2D eigenvalue weighted by Crippen LogP contribution is -2.46. The number of para-hydroxylation sites is 1. The van der Waals surface area contributed by atoms with Crippen molar-refractivity contribution in [2.45, 2.75) is 39.7 Å². The Kier molecular flexibility index (Phi) is 6.92. The Morgan fingerprint density at radius 1 is 1.18 bits per heavy atom. The maximum atomic E-state index is 13.1. The van der Waals surface area contributed by atoms with E-state index in [0.717, 1.165) is 11.4 Å². The first kappa shape index (κ1) is 21.1. The highest BCUT2D eigenvalue weighted by molar-refractivity contribution is 5.95. The minimum atomic E-state index is -1.12. The number of hydrogen-bond acceptors (Lipinski definition) is 4. The Labute approximate surface area is 164 Å². The summed E-state index contributed by atoms with van der Waals surface area (Å²) in [4.78, 5) is 36.8. The highest BCUT2D eigenvalue weighted by Gasteiger charge is 2.29. The SMILES string of the molecule is CC(=O)NCCN(C(=O)c1cc(C(C)C)n(-c2ccccc2)n1)C(C)C(=O)O. The Hall–Kier alpha value is -3.16. The Morgan fingerprint density at radius 2 is 1.82 bits per heavy atom. The van der Waals surface area contributed by atoms with Crippen LogP contribution in [-0.4, -0.2) is 56.7 Å². The van der Waals surface area contributed by atoms with Crippen LogP contribution in [-0.2, 0) is 9.59 Å². The maximum absolute atomic E-state index is 13.1. The van der Waals surface area contributed by atoms with Crippen LogP contribution in [0.3, 0.4) is 0 Å². The predicted molar refractivity (Wildman–Crippen MR) is 104 cm³/mol. The van der Waals surface area contributed by atoms with Crippen LogP contribution >= 0.6 is 0 Å². The maximum Gasteiger partial charge on any atom is 0.326 e. The second kappa shape index (κ2) is 9.16. The largest absolute Gasteiger partial charge is 0.480 e. The fourth-order valence-corrected chi connectivity index (χ4v) is 2.79. The van der Waals surface area contributed by atoms with Crippen LogP contribution in [0.4, 0.5) is 0 Å². The van der Waals surface area contributed by atoms with E-state index < -0.39 is 17.9 Å². The van der Waals surface area contributed by atoms with E-state index in [4.69, 9.17) is 0 Å². The van der Waals surface area contributed by atoms with E-state index in [-0.39, 0.29) is 30.6 Å². The summed E-state index contributed by atoms with van der Waals surface area (Å²) in [5.74, 6) is -1.75. The molecule has 2 amide bonds. The van der Waals surface area contributed by atoms with Gasteiger partial charge in [-0.3, -0.25) is 9.59 Å². The van der Waals surface area contributed by atoms with Crippen molar-refractivity contribution in [1.82, 2.24) is 20.0 Å². The summed E-state index contributed by atoms with van der Waals surface area (Å²) in [5.41, 5.74) is 1.84. The minimum Gasteiger partial charge on any atom is -0.480 e. The minimum absolute atomic E-state index is 0.0705. The summed E-state index contributed by atoms with van der Waals surface area (Å²) in [7, 11) is 0. The molecule has 1 unspecified atom stereocenters. The van der Waals surface area contributed by atoms with Crippen LogP contribution in [0.2, 0.25) is 0 Å². The van der Waals surface area contributed by atoms with Gasteiger partial charge in [0.1, 0.15) is 6.04 Å². The van der Waals surface area contributed by atoms with E-state index >= 15 is 0 Å². The molecule has 2 N–H and O–H groups in total. The molecule has 0 aliphatic heterocycles. The predicted octanol–water partition coefficient (Wildman–Crippen LogP) is 2.05. The molecule has 1 heterocycles. The van der Waals surface area contributed by atoms with Gasteiger partial charge in [0.25, 0.3) is 5.91 Å². The number of aromatic nitrogens is 2. The van der Waals surface area contributed by atoms with Crippen molar-refractivity contribution in [3.05, 3.63) is 47.8 Å². The quantitative estimate of drug-likeness (QED) is 0.722. The number of carboxylic acid groups (broad SMARTS) is 1. The molecule has 28 heavy (non-hydrogen) atoms. The molecular formula is C20H26N4O4. The van der Waals surface area contributed by atoms with Crippen LogP contribution in [0.25, 0.3) is 5.69 Å². The van der Waals surface area contributed by atoms with E-state index in [1.54, 1.807) is 10.7 Å². The third-order valence-corrected chi connectivity index (χ3v) is 4.36. The zero-order valence-corrected chi connectivity index (χ0v) is 16.5. The molecule has 0 aliphatic carbocycles. The molecule has 0 radical (unpaired) electrons. The van der Waals surface area contributed by atoms with Crippen LogP contribution in [0.5, 0.6) is 0 Å². The van der Waals surface area contributed by atoms with Gasteiger partial charge in [-0.15, -0.1) is 0 Å². The molecule has 0 saturated carbocycles. The standard InChI is InChI=1S/C20H26N4O4/c1-13(2)18-12-17(22-24(18)16-8-6-5-7-9-16)19(26)23(14(3)20(27)28)11-10-21-15(4)25/h5-9,12-14H,10-11H2,1-4H3,(H,21,25)(H,27,28). The van der Waals surface area contributed by atoms with Crippen LogP contribution in [0.15, 0.2) is 36.4 Å². The molecule has 0 saturated heterocycles. The third-order valence-electron chi connectivity index (χ3n) is 4.36. The third kappa shape index (κ3) is 4.97. The lowest BCUT2D eigenvalue weighted by molar-refractivity contribution is -0.141. The van der Waals surface area contributed by atoms with Crippen LogP contribution in [0.1, 0.15) is 49.8 Å². The average Bonchev–Trinajstić information content (AvgIpc) is 3.10. The van der Waals surface area contributed by atoms with E-state index in [0.29, 0.717) is 0 Å². The number of amides is 2. The molecule has 0 bridgehead atoms. The van der Waals surface area contributed by atoms with Crippen molar-refractivity contribution in [3.63, 3.8) is 0 Å². The lowest BCUT2D eigenvalue weighted by Gasteiger charge is -2.25. The van der Waals surface area contributed by atoms with Gasteiger partial charge in [0.05, 0.1) is 5.69 Å². The molecule has 2 aromatic rings. The number of nitrogens with one attached hydrogen (secondary N) is 1. The van der Waals surface area contributed by atoms with Gasteiger partial charge in [0.2, 0.25) is 5.91 Å². The van der Waals surface area contributed by atoms with Gasteiger partial charge >= 0.3 is 5.97 Å². The Balaban J connectivity index is 2.38. The first-order valence-electron chi connectivity index (χ1n) is 9.16.